The summed E-state index contributed by atoms with van der Waals surface area (Å²) in [7, 11) is 0. The molecule has 7 rings (SSSR count). The summed E-state index contributed by atoms with van der Waals surface area (Å²) in [6.07, 6.45) is 1.82. The van der Waals surface area contributed by atoms with Crippen LogP contribution < -0.4 is 21.9 Å². The number of nitrogens with one attached hydrogen (secondary N) is 2. The molecular weight excluding hydrogens is 597 g/mol. The second kappa shape index (κ2) is 11.2. The summed E-state index contributed by atoms with van der Waals surface area (Å²) >= 11 is 0. The summed E-state index contributed by atoms with van der Waals surface area (Å²) in [5, 5.41) is 28.5. The number of aliphatic hydroxyl groups excluding tert-OH is 1. The molecule has 0 spiro atoms. The van der Waals surface area contributed by atoms with E-state index in [0.29, 0.717) is 53.7 Å². The predicted octanol–water partition coefficient (Wildman–Crippen LogP) is 1.64. The van der Waals surface area contributed by atoms with Gasteiger partial charge >= 0.3 is 0 Å². The van der Waals surface area contributed by atoms with Gasteiger partial charge < -0.3 is 40.6 Å². The number of benzene rings is 1. The van der Waals surface area contributed by atoms with Gasteiger partial charge in [-0.15, -0.1) is 0 Å². The van der Waals surface area contributed by atoms with Crippen LogP contribution in [0.15, 0.2) is 16.9 Å². The Hall–Kier alpha value is -3.75. The van der Waals surface area contributed by atoms with Crippen molar-refractivity contribution >= 4 is 22.7 Å². The normalized spacial score (nSPS) is 23.7. The highest BCUT2D eigenvalue weighted by molar-refractivity contribution is 5.94. The molecule has 1 aromatic carbocycles. The molecule has 4 heterocycles. The number of nitrogens with zero attached hydrogens (tertiary/aromatic N) is 2. The first kappa shape index (κ1) is 30.9. The zero-order chi connectivity index (χ0) is 32.5. The SMILES string of the molecule is CC[C@]1(O)c2cc3n(c(=O)c2COC1O)Cc1c-3nc2cc(F)c(C)c3c2c1[C@@H](NC(=O)C1(COCNC(=O)CN)CCC1)CC3. The lowest BCUT2D eigenvalue weighted by Gasteiger charge is -2.41. The second-order valence-electron chi connectivity index (χ2n) is 13.0. The lowest BCUT2D eigenvalue weighted by atomic mass is 9.68. The number of carbonyl (C=O) groups excluding carboxylic acids is 2. The Labute approximate surface area is 264 Å². The summed E-state index contributed by atoms with van der Waals surface area (Å²) in [6, 6.07) is 2.66. The van der Waals surface area contributed by atoms with Crippen LogP contribution >= 0.6 is 0 Å². The topological polar surface area (TPSA) is 178 Å². The van der Waals surface area contributed by atoms with E-state index < -0.39 is 23.3 Å². The standard InChI is InChI=1S/C33H38FN5O7/c1-3-33(44)20-9-24-28-18(12-39(24)29(41)19(20)13-46-31(33)43)27-22(6-5-17-16(2)21(34)10-23(37-28)26(17)27)38-30(42)32(7-4-8-32)14-45-15-36-25(40)11-35/h9-10,22,31,43-44H,3-8,11-15,35H2,1-2H3,(H,36,40)(H,38,42)/t22-,31?,33-/m0/s1. The molecule has 0 bridgehead atoms. The number of nitrogens with two attached hydrogens (primary N) is 1. The Morgan fingerprint density at radius 3 is 2.74 bits per heavy atom. The van der Waals surface area contributed by atoms with Crippen molar-refractivity contribution in [1.29, 1.82) is 0 Å². The van der Waals surface area contributed by atoms with E-state index in [0.717, 1.165) is 28.5 Å². The molecule has 0 saturated heterocycles. The Bertz CT molecular complexity index is 1850. The first-order valence-electron chi connectivity index (χ1n) is 15.8. The van der Waals surface area contributed by atoms with E-state index in [-0.39, 0.29) is 68.2 Å². The molecule has 0 radical (unpaired) electrons. The number of hydrogen-bond acceptors (Lipinski definition) is 9. The van der Waals surface area contributed by atoms with Crippen molar-refractivity contribution in [2.75, 3.05) is 19.9 Å². The van der Waals surface area contributed by atoms with Gasteiger partial charge in [0.05, 0.1) is 54.7 Å². The van der Waals surface area contributed by atoms with E-state index in [1.54, 1.807) is 24.5 Å². The first-order valence-corrected chi connectivity index (χ1v) is 15.8. The minimum Gasteiger partial charge on any atom is -0.380 e. The summed E-state index contributed by atoms with van der Waals surface area (Å²) in [5.41, 5.74) is 7.33. The quantitative estimate of drug-likeness (QED) is 0.142. The predicted molar refractivity (Wildman–Crippen MR) is 164 cm³/mol. The van der Waals surface area contributed by atoms with Gasteiger partial charge in [-0.05, 0) is 61.8 Å². The van der Waals surface area contributed by atoms with Crippen LogP contribution in [-0.4, -0.2) is 57.8 Å². The Kier molecular flexibility index (Phi) is 7.52. The van der Waals surface area contributed by atoms with Gasteiger partial charge in [-0.1, -0.05) is 13.3 Å². The van der Waals surface area contributed by atoms with Gasteiger partial charge in [-0.25, -0.2) is 9.37 Å². The lowest BCUT2D eigenvalue weighted by Crippen LogP contribution is -2.50. The van der Waals surface area contributed by atoms with E-state index >= 15 is 4.39 Å². The average Bonchev–Trinajstić information content (AvgIpc) is 3.39. The lowest BCUT2D eigenvalue weighted by molar-refractivity contribution is -0.236. The molecule has 2 amide bonds. The van der Waals surface area contributed by atoms with Gasteiger partial charge in [0.15, 0.2) is 6.29 Å². The van der Waals surface area contributed by atoms with Crippen molar-refractivity contribution < 1.29 is 33.7 Å². The Morgan fingerprint density at radius 2 is 2.04 bits per heavy atom. The van der Waals surface area contributed by atoms with Gasteiger partial charge in [0, 0.05) is 28.1 Å². The highest BCUT2D eigenvalue weighted by Gasteiger charge is 2.47. The molecule has 12 nitrogen and oxygen atoms in total. The third-order valence-electron chi connectivity index (χ3n) is 10.6. The highest BCUT2D eigenvalue weighted by atomic mass is 19.1. The minimum atomic E-state index is -1.78. The number of amides is 2. The molecular formula is C33H38FN5O7. The third-order valence-corrected chi connectivity index (χ3v) is 10.6. The van der Waals surface area contributed by atoms with Crippen LogP contribution in [0.3, 0.4) is 0 Å². The van der Waals surface area contributed by atoms with Crippen molar-refractivity contribution in [3.05, 3.63) is 61.7 Å². The van der Waals surface area contributed by atoms with Gasteiger partial charge in [0.2, 0.25) is 11.8 Å². The largest absolute Gasteiger partial charge is 0.380 e. The van der Waals surface area contributed by atoms with Gasteiger partial charge in [0.25, 0.3) is 5.56 Å². The summed E-state index contributed by atoms with van der Waals surface area (Å²) in [6.45, 7) is 3.42. The zero-order valence-electron chi connectivity index (χ0n) is 25.9. The van der Waals surface area contributed by atoms with Crippen molar-refractivity contribution in [2.45, 2.75) is 83.5 Å². The zero-order valence-corrected chi connectivity index (χ0v) is 25.9. The maximum atomic E-state index is 15.2. The second-order valence-corrected chi connectivity index (χ2v) is 13.0. The van der Waals surface area contributed by atoms with Gasteiger partial charge in [-0.2, -0.15) is 0 Å². The van der Waals surface area contributed by atoms with Gasteiger partial charge in [-0.3, -0.25) is 14.4 Å². The maximum Gasteiger partial charge on any atom is 0.257 e. The first-order chi connectivity index (χ1) is 22.0. The number of carbonyl (C=O) groups is 2. The van der Waals surface area contributed by atoms with Crippen LogP contribution in [0.2, 0.25) is 0 Å². The fourth-order valence-electron chi connectivity index (χ4n) is 7.61. The summed E-state index contributed by atoms with van der Waals surface area (Å²) in [5.74, 6) is -0.881. The number of fused-ring (bicyclic) bond motifs is 5. The van der Waals surface area contributed by atoms with Crippen molar-refractivity contribution in [3.63, 3.8) is 0 Å². The molecule has 244 valence electrons. The molecule has 3 atom stereocenters. The molecule has 4 aliphatic rings. The number of hydrogen-bond donors (Lipinski definition) is 5. The molecule has 1 fully saturated rings. The van der Waals surface area contributed by atoms with E-state index in [1.807, 2.05) is 0 Å². The minimum absolute atomic E-state index is 0.0442. The van der Waals surface area contributed by atoms with E-state index in [1.165, 1.54) is 6.07 Å². The summed E-state index contributed by atoms with van der Waals surface area (Å²) < 4.78 is 27.9. The van der Waals surface area contributed by atoms with E-state index in [2.05, 4.69) is 10.6 Å². The number of pyridine rings is 2. The fourth-order valence-corrected chi connectivity index (χ4v) is 7.61. The fraction of sp³-hybridized carbons (Fsp3) is 0.515. The Balaban J connectivity index is 1.31. The smallest absolute Gasteiger partial charge is 0.257 e. The van der Waals surface area contributed by atoms with Gasteiger partial charge in [0.1, 0.15) is 18.1 Å². The molecule has 2 aliphatic heterocycles. The third kappa shape index (κ3) is 4.51. The van der Waals surface area contributed by atoms with E-state index in [9.17, 15) is 24.6 Å². The van der Waals surface area contributed by atoms with Crippen LogP contribution in [0.1, 0.15) is 78.5 Å². The molecule has 2 aromatic heterocycles. The molecule has 1 saturated carbocycles. The van der Waals surface area contributed by atoms with Crippen molar-refractivity contribution in [2.24, 2.45) is 11.1 Å². The molecule has 46 heavy (non-hydrogen) atoms. The number of halogens is 1. The maximum absolute atomic E-state index is 15.2. The van der Waals surface area contributed by atoms with Crippen LogP contribution in [0.5, 0.6) is 0 Å². The number of aliphatic hydroxyl groups is 2. The number of aryl methyl sites for hydroxylation is 1. The molecule has 1 unspecified atom stereocenters. The molecule has 6 N–H and O–H groups in total. The number of aromatic nitrogens is 2. The van der Waals surface area contributed by atoms with Crippen LogP contribution in [0.4, 0.5) is 4.39 Å². The van der Waals surface area contributed by atoms with Crippen LogP contribution in [-0.2, 0) is 44.2 Å². The highest BCUT2D eigenvalue weighted by Crippen LogP contribution is 2.47. The van der Waals surface area contributed by atoms with E-state index in [4.69, 9.17) is 20.2 Å². The molecule has 3 aromatic rings. The monoisotopic (exact) mass is 635 g/mol. The van der Waals surface area contributed by atoms with Crippen molar-refractivity contribution in [3.8, 4) is 11.4 Å². The number of rotatable bonds is 8. The molecule has 2 aliphatic carbocycles. The van der Waals surface area contributed by atoms with Crippen LogP contribution in [0.25, 0.3) is 22.3 Å². The molecule has 13 heteroatoms. The number of ether oxygens (including phenoxy) is 2. The average molecular weight is 636 g/mol. The van der Waals surface area contributed by atoms with Crippen LogP contribution in [0, 0.1) is 18.2 Å². The Morgan fingerprint density at radius 1 is 1.26 bits per heavy atom. The van der Waals surface area contributed by atoms with Crippen molar-refractivity contribution in [1.82, 2.24) is 20.2 Å². The summed E-state index contributed by atoms with van der Waals surface area (Å²) in [4.78, 5) is 44.2.